The lowest BCUT2D eigenvalue weighted by Gasteiger charge is -2.11. The van der Waals surface area contributed by atoms with Crippen LogP contribution in [0.1, 0.15) is 47.7 Å². The molecule has 2 rings (SSSR count). The molecule has 0 aliphatic heterocycles. The van der Waals surface area contributed by atoms with Crippen molar-refractivity contribution in [2.45, 2.75) is 40.0 Å². The van der Waals surface area contributed by atoms with Crippen molar-refractivity contribution in [1.29, 1.82) is 0 Å². The van der Waals surface area contributed by atoms with E-state index in [9.17, 15) is 4.79 Å². The molecule has 5 nitrogen and oxygen atoms in total. The van der Waals surface area contributed by atoms with Crippen LogP contribution in [0.2, 0.25) is 0 Å². The minimum Gasteiger partial charge on any atom is -0.354 e. The molecule has 0 bridgehead atoms. The molecular formula is C18H24N4O. The van der Waals surface area contributed by atoms with Crippen LogP contribution in [-0.2, 0) is 0 Å². The molecular weight excluding hydrogens is 288 g/mol. The van der Waals surface area contributed by atoms with Gasteiger partial charge >= 0.3 is 0 Å². The van der Waals surface area contributed by atoms with Crippen LogP contribution in [0, 0.1) is 13.8 Å². The van der Waals surface area contributed by atoms with E-state index in [0.717, 1.165) is 29.8 Å². The molecule has 0 aliphatic rings. The van der Waals surface area contributed by atoms with Gasteiger partial charge < -0.3 is 10.6 Å². The Bertz CT molecular complexity index is 632. The number of nitrogens with zero attached hydrogens (tertiary/aromatic N) is 2. The molecule has 1 amide bonds. The summed E-state index contributed by atoms with van der Waals surface area (Å²) in [6, 6.07) is 5.92. The fourth-order valence-corrected chi connectivity index (χ4v) is 2.31. The molecule has 0 spiro atoms. The Hall–Kier alpha value is -2.43. The Balaban J connectivity index is 1.97. The van der Waals surface area contributed by atoms with Gasteiger partial charge in [-0.05, 0) is 31.4 Å². The Morgan fingerprint density at radius 1 is 1.09 bits per heavy atom. The predicted octanol–water partition coefficient (Wildman–Crippen LogP) is 3.95. The van der Waals surface area contributed by atoms with Gasteiger partial charge in [0.15, 0.2) is 0 Å². The molecule has 0 unspecified atom stereocenters. The highest BCUT2D eigenvalue weighted by molar-refractivity contribution is 6.04. The number of hydrogen-bond acceptors (Lipinski definition) is 4. The van der Waals surface area contributed by atoms with E-state index in [4.69, 9.17) is 0 Å². The smallest absolute Gasteiger partial charge is 0.258 e. The van der Waals surface area contributed by atoms with Crippen molar-refractivity contribution >= 4 is 17.5 Å². The number of carbonyl (C=O) groups excluding carboxylic acids is 1. The number of carbonyl (C=O) groups is 1. The highest BCUT2D eigenvalue weighted by Crippen LogP contribution is 2.20. The summed E-state index contributed by atoms with van der Waals surface area (Å²) in [6.45, 7) is 6.97. The van der Waals surface area contributed by atoms with Gasteiger partial charge in [0.1, 0.15) is 0 Å². The minimum absolute atomic E-state index is 0.195. The summed E-state index contributed by atoms with van der Waals surface area (Å²) in [5.74, 6) is 0.365. The molecule has 0 saturated heterocycles. The zero-order valence-corrected chi connectivity index (χ0v) is 14.0. The first-order chi connectivity index (χ1) is 11.1. The van der Waals surface area contributed by atoms with Crippen LogP contribution in [0.25, 0.3) is 0 Å². The fourth-order valence-electron chi connectivity index (χ4n) is 2.31. The van der Waals surface area contributed by atoms with Gasteiger partial charge in [-0.1, -0.05) is 38.0 Å². The van der Waals surface area contributed by atoms with Crippen LogP contribution >= 0.6 is 0 Å². The number of aromatic nitrogens is 2. The highest BCUT2D eigenvalue weighted by atomic mass is 16.1. The second kappa shape index (κ2) is 8.27. The number of rotatable bonds is 7. The molecule has 122 valence electrons. The van der Waals surface area contributed by atoms with Gasteiger partial charge in [-0.25, -0.2) is 9.97 Å². The monoisotopic (exact) mass is 312 g/mol. The quantitative estimate of drug-likeness (QED) is 0.760. The van der Waals surface area contributed by atoms with E-state index in [2.05, 4.69) is 27.5 Å². The van der Waals surface area contributed by atoms with Crippen LogP contribution in [0.15, 0.2) is 30.6 Å². The van der Waals surface area contributed by atoms with Gasteiger partial charge in [-0.15, -0.1) is 0 Å². The van der Waals surface area contributed by atoms with Crippen LogP contribution < -0.4 is 10.6 Å². The van der Waals surface area contributed by atoms with Crippen molar-refractivity contribution in [2.75, 3.05) is 17.2 Å². The van der Waals surface area contributed by atoms with Crippen molar-refractivity contribution in [2.24, 2.45) is 0 Å². The summed E-state index contributed by atoms with van der Waals surface area (Å²) in [6.07, 6.45) is 6.56. The lowest BCUT2D eigenvalue weighted by molar-refractivity contribution is 0.102. The predicted molar refractivity (Wildman–Crippen MR) is 93.9 cm³/mol. The van der Waals surface area contributed by atoms with E-state index < -0.39 is 0 Å². The molecule has 0 aliphatic carbocycles. The number of nitrogens with one attached hydrogen (secondary N) is 2. The third-order valence-corrected chi connectivity index (χ3v) is 3.70. The Morgan fingerprint density at radius 2 is 1.74 bits per heavy atom. The van der Waals surface area contributed by atoms with Crippen LogP contribution in [0.5, 0.6) is 0 Å². The summed E-state index contributed by atoms with van der Waals surface area (Å²) in [4.78, 5) is 20.7. The molecule has 0 fully saturated rings. The third kappa shape index (κ3) is 4.77. The molecule has 1 heterocycles. The summed E-state index contributed by atoms with van der Waals surface area (Å²) in [5.41, 5.74) is 3.37. The van der Waals surface area contributed by atoms with E-state index in [0.29, 0.717) is 11.5 Å². The topological polar surface area (TPSA) is 66.9 Å². The maximum absolute atomic E-state index is 12.3. The van der Waals surface area contributed by atoms with Crippen molar-refractivity contribution < 1.29 is 4.79 Å². The van der Waals surface area contributed by atoms with Crippen molar-refractivity contribution in [3.63, 3.8) is 0 Å². The van der Waals surface area contributed by atoms with Crippen LogP contribution in [0.3, 0.4) is 0 Å². The molecule has 1 aromatic heterocycles. The number of benzene rings is 1. The van der Waals surface area contributed by atoms with Gasteiger partial charge in [-0.2, -0.15) is 0 Å². The van der Waals surface area contributed by atoms with E-state index in [1.807, 2.05) is 32.0 Å². The molecule has 1 aromatic carbocycles. The zero-order chi connectivity index (χ0) is 16.7. The molecule has 23 heavy (non-hydrogen) atoms. The van der Waals surface area contributed by atoms with Gasteiger partial charge in [0.2, 0.25) is 5.95 Å². The Morgan fingerprint density at radius 3 is 2.35 bits per heavy atom. The Labute approximate surface area is 137 Å². The van der Waals surface area contributed by atoms with Crippen LogP contribution in [0.4, 0.5) is 11.6 Å². The van der Waals surface area contributed by atoms with Gasteiger partial charge in [0.05, 0.1) is 5.56 Å². The van der Waals surface area contributed by atoms with Crippen molar-refractivity contribution in [3.05, 3.63) is 47.3 Å². The van der Waals surface area contributed by atoms with Crippen LogP contribution in [-0.4, -0.2) is 22.4 Å². The fraction of sp³-hybridized carbons (Fsp3) is 0.389. The SMILES string of the molecule is CCCCCNc1ncc(C(=O)Nc2c(C)cccc2C)cn1. The van der Waals surface area contributed by atoms with Gasteiger partial charge in [0.25, 0.3) is 5.91 Å². The van der Waals surface area contributed by atoms with Crippen molar-refractivity contribution in [1.82, 2.24) is 9.97 Å². The van der Waals surface area contributed by atoms with E-state index in [-0.39, 0.29) is 5.91 Å². The first-order valence-corrected chi connectivity index (χ1v) is 8.05. The molecule has 2 N–H and O–H groups in total. The number of aryl methyl sites for hydroxylation is 2. The number of hydrogen-bond donors (Lipinski definition) is 2. The maximum Gasteiger partial charge on any atom is 0.258 e. The molecule has 0 radical (unpaired) electrons. The molecule has 2 aromatic rings. The number of unbranched alkanes of at least 4 members (excludes halogenated alkanes) is 2. The second-order valence-electron chi connectivity index (χ2n) is 5.65. The number of anilines is 2. The Kier molecular flexibility index (Phi) is 6.09. The minimum atomic E-state index is -0.195. The van der Waals surface area contributed by atoms with Gasteiger partial charge in [0, 0.05) is 24.6 Å². The standard InChI is InChI=1S/C18H24N4O/c1-4-5-6-10-19-18-20-11-15(12-21-18)17(23)22-16-13(2)8-7-9-14(16)3/h7-9,11-12H,4-6,10H2,1-3H3,(H,22,23)(H,19,20,21). The van der Waals surface area contributed by atoms with E-state index >= 15 is 0 Å². The second-order valence-corrected chi connectivity index (χ2v) is 5.65. The van der Waals surface area contributed by atoms with E-state index in [1.54, 1.807) is 12.4 Å². The summed E-state index contributed by atoms with van der Waals surface area (Å²) < 4.78 is 0. The summed E-state index contributed by atoms with van der Waals surface area (Å²) >= 11 is 0. The lowest BCUT2D eigenvalue weighted by atomic mass is 10.1. The highest BCUT2D eigenvalue weighted by Gasteiger charge is 2.10. The average molecular weight is 312 g/mol. The number of para-hydroxylation sites is 1. The molecule has 0 saturated carbocycles. The molecule has 0 atom stereocenters. The normalized spacial score (nSPS) is 10.4. The van der Waals surface area contributed by atoms with E-state index in [1.165, 1.54) is 12.8 Å². The van der Waals surface area contributed by atoms with Crippen molar-refractivity contribution in [3.8, 4) is 0 Å². The first kappa shape index (κ1) is 16.9. The maximum atomic E-state index is 12.3. The zero-order valence-electron chi connectivity index (χ0n) is 14.0. The van der Waals surface area contributed by atoms with Gasteiger partial charge in [-0.3, -0.25) is 4.79 Å². The third-order valence-electron chi connectivity index (χ3n) is 3.70. The largest absolute Gasteiger partial charge is 0.354 e. The molecule has 5 heteroatoms. The number of amides is 1. The average Bonchev–Trinajstić information content (AvgIpc) is 2.55. The lowest BCUT2D eigenvalue weighted by Crippen LogP contribution is -2.15. The first-order valence-electron chi connectivity index (χ1n) is 8.05. The summed E-state index contributed by atoms with van der Waals surface area (Å²) in [7, 11) is 0. The summed E-state index contributed by atoms with van der Waals surface area (Å²) in [5, 5.41) is 6.09.